The van der Waals surface area contributed by atoms with E-state index in [9.17, 15) is 4.39 Å². The average molecular weight is 223 g/mol. The van der Waals surface area contributed by atoms with Crippen LogP contribution in [0.3, 0.4) is 0 Å². The first kappa shape index (κ1) is 13.2. The number of rotatable bonds is 6. The molecule has 1 nitrogen and oxygen atoms in total. The molecule has 0 bridgehead atoms. The predicted octanol–water partition coefficient (Wildman–Crippen LogP) is 3.39. The molecule has 0 aliphatic carbocycles. The summed E-state index contributed by atoms with van der Waals surface area (Å²) in [5.74, 6) is 0.535. The number of hydrogen-bond donors (Lipinski definition) is 1. The molecule has 1 rings (SSSR count). The molecule has 1 N–H and O–H groups in total. The molecule has 0 amide bonds. The van der Waals surface area contributed by atoms with Crippen LogP contribution in [0.4, 0.5) is 4.39 Å². The van der Waals surface area contributed by atoms with Crippen LogP contribution in [0, 0.1) is 11.7 Å². The first-order chi connectivity index (χ1) is 7.65. The molecule has 0 heterocycles. The minimum atomic E-state index is -0.0955. The van der Waals surface area contributed by atoms with Crippen molar-refractivity contribution in [2.24, 2.45) is 5.92 Å². The van der Waals surface area contributed by atoms with Gasteiger partial charge in [-0.2, -0.15) is 0 Å². The second kappa shape index (κ2) is 6.64. The van der Waals surface area contributed by atoms with E-state index in [0.717, 1.165) is 24.9 Å². The van der Waals surface area contributed by atoms with Gasteiger partial charge in [-0.25, -0.2) is 4.39 Å². The van der Waals surface area contributed by atoms with Crippen LogP contribution in [0.1, 0.15) is 32.8 Å². The Kier molecular flexibility index (Phi) is 5.47. The topological polar surface area (TPSA) is 12.0 Å². The number of hydrogen-bond acceptors (Lipinski definition) is 1. The summed E-state index contributed by atoms with van der Waals surface area (Å²) in [5, 5.41) is 3.48. The summed E-state index contributed by atoms with van der Waals surface area (Å²) in [6.07, 6.45) is 1.88. The Morgan fingerprint density at radius 1 is 1.25 bits per heavy atom. The van der Waals surface area contributed by atoms with Gasteiger partial charge in [0, 0.05) is 6.04 Å². The normalized spacial score (nSPS) is 13.1. The van der Waals surface area contributed by atoms with Gasteiger partial charge in [0.15, 0.2) is 0 Å². The van der Waals surface area contributed by atoms with E-state index in [2.05, 4.69) is 26.1 Å². The van der Waals surface area contributed by atoms with E-state index in [1.165, 1.54) is 6.07 Å². The lowest BCUT2D eigenvalue weighted by Crippen LogP contribution is -2.34. The van der Waals surface area contributed by atoms with Crippen LogP contribution in [0.15, 0.2) is 24.3 Å². The predicted molar refractivity (Wildman–Crippen MR) is 67.0 cm³/mol. The number of nitrogens with one attached hydrogen (secondary N) is 1. The highest BCUT2D eigenvalue weighted by molar-refractivity contribution is 5.17. The van der Waals surface area contributed by atoms with Crippen molar-refractivity contribution in [1.82, 2.24) is 5.32 Å². The van der Waals surface area contributed by atoms with Gasteiger partial charge >= 0.3 is 0 Å². The molecule has 0 fully saturated rings. The molecule has 2 heteroatoms. The maximum Gasteiger partial charge on any atom is 0.126 e. The van der Waals surface area contributed by atoms with E-state index < -0.39 is 0 Å². The standard InChI is InChI=1S/C14H22FN/c1-4-14(11(2)3)16-10-9-12-7-5-6-8-13(12)15/h5-8,11,14,16H,4,9-10H2,1-3H3. The molecule has 90 valence electrons. The summed E-state index contributed by atoms with van der Waals surface area (Å²) in [6, 6.07) is 7.53. The average Bonchev–Trinajstić information content (AvgIpc) is 2.26. The first-order valence-electron chi connectivity index (χ1n) is 6.12. The number of benzene rings is 1. The van der Waals surface area contributed by atoms with E-state index in [1.807, 2.05) is 12.1 Å². The molecule has 1 unspecified atom stereocenters. The van der Waals surface area contributed by atoms with Crippen LogP contribution in [0.2, 0.25) is 0 Å². The summed E-state index contributed by atoms with van der Waals surface area (Å²) in [5.41, 5.74) is 0.800. The van der Waals surface area contributed by atoms with Crippen molar-refractivity contribution in [2.45, 2.75) is 39.7 Å². The summed E-state index contributed by atoms with van der Waals surface area (Å²) in [6.45, 7) is 7.45. The molecule has 0 saturated heterocycles. The Balaban J connectivity index is 2.38. The highest BCUT2D eigenvalue weighted by Gasteiger charge is 2.09. The molecule has 0 aliphatic heterocycles. The van der Waals surface area contributed by atoms with Crippen molar-refractivity contribution in [3.8, 4) is 0 Å². The van der Waals surface area contributed by atoms with Gasteiger partial charge in [0.25, 0.3) is 0 Å². The lowest BCUT2D eigenvalue weighted by molar-refractivity contribution is 0.390. The Morgan fingerprint density at radius 3 is 2.50 bits per heavy atom. The van der Waals surface area contributed by atoms with Gasteiger partial charge < -0.3 is 5.32 Å². The molecule has 0 aliphatic rings. The summed E-state index contributed by atoms with van der Waals surface area (Å²) in [7, 11) is 0. The van der Waals surface area contributed by atoms with E-state index in [0.29, 0.717) is 12.0 Å². The van der Waals surface area contributed by atoms with E-state index in [1.54, 1.807) is 6.07 Å². The maximum atomic E-state index is 13.3. The van der Waals surface area contributed by atoms with Gasteiger partial charge in [0.1, 0.15) is 5.82 Å². The smallest absolute Gasteiger partial charge is 0.126 e. The monoisotopic (exact) mass is 223 g/mol. The first-order valence-corrected chi connectivity index (χ1v) is 6.12. The Bertz CT molecular complexity index is 309. The van der Waals surface area contributed by atoms with Crippen LogP contribution in [0.25, 0.3) is 0 Å². The highest BCUT2D eigenvalue weighted by atomic mass is 19.1. The van der Waals surface area contributed by atoms with E-state index >= 15 is 0 Å². The van der Waals surface area contributed by atoms with E-state index in [4.69, 9.17) is 0 Å². The van der Waals surface area contributed by atoms with Gasteiger partial charge in [-0.05, 0) is 36.9 Å². The van der Waals surface area contributed by atoms with Crippen LogP contribution >= 0.6 is 0 Å². The number of halogens is 1. The van der Waals surface area contributed by atoms with Gasteiger partial charge in [-0.1, -0.05) is 39.0 Å². The van der Waals surface area contributed by atoms with Crippen molar-refractivity contribution in [1.29, 1.82) is 0 Å². The largest absolute Gasteiger partial charge is 0.313 e. The third kappa shape index (κ3) is 3.93. The highest BCUT2D eigenvalue weighted by Crippen LogP contribution is 2.08. The zero-order valence-corrected chi connectivity index (χ0v) is 10.5. The fourth-order valence-electron chi connectivity index (χ4n) is 1.94. The van der Waals surface area contributed by atoms with Crippen LogP contribution < -0.4 is 5.32 Å². The minimum absolute atomic E-state index is 0.0955. The summed E-state index contributed by atoms with van der Waals surface area (Å²) < 4.78 is 13.3. The summed E-state index contributed by atoms with van der Waals surface area (Å²) in [4.78, 5) is 0. The molecule has 1 aromatic carbocycles. The van der Waals surface area contributed by atoms with Gasteiger partial charge in [-0.15, -0.1) is 0 Å². The van der Waals surface area contributed by atoms with Crippen molar-refractivity contribution in [2.75, 3.05) is 6.54 Å². The van der Waals surface area contributed by atoms with Gasteiger partial charge in [0.05, 0.1) is 0 Å². The molecule has 0 spiro atoms. The van der Waals surface area contributed by atoms with Crippen molar-refractivity contribution in [3.63, 3.8) is 0 Å². The quantitative estimate of drug-likeness (QED) is 0.779. The molecular weight excluding hydrogens is 201 g/mol. The Morgan fingerprint density at radius 2 is 1.94 bits per heavy atom. The Labute approximate surface area is 98.1 Å². The lowest BCUT2D eigenvalue weighted by Gasteiger charge is -2.20. The van der Waals surface area contributed by atoms with Crippen molar-refractivity contribution in [3.05, 3.63) is 35.6 Å². The molecule has 0 saturated carbocycles. The lowest BCUT2D eigenvalue weighted by atomic mass is 10.0. The molecule has 16 heavy (non-hydrogen) atoms. The molecule has 1 aromatic rings. The van der Waals surface area contributed by atoms with Gasteiger partial charge in [-0.3, -0.25) is 0 Å². The third-order valence-electron chi connectivity index (χ3n) is 3.00. The Hall–Kier alpha value is -0.890. The molecule has 1 atom stereocenters. The fourth-order valence-corrected chi connectivity index (χ4v) is 1.94. The zero-order chi connectivity index (χ0) is 12.0. The van der Waals surface area contributed by atoms with Gasteiger partial charge in [0.2, 0.25) is 0 Å². The van der Waals surface area contributed by atoms with Crippen LogP contribution in [0.5, 0.6) is 0 Å². The fraction of sp³-hybridized carbons (Fsp3) is 0.571. The van der Waals surface area contributed by atoms with Crippen molar-refractivity contribution < 1.29 is 4.39 Å². The van der Waals surface area contributed by atoms with Crippen LogP contribution in [-0.2, 0) is 6.42 Å². The summed E-state index contributed by atoms with van der Waals surface area (Å²) >= 11 is 0. The second-order valence-electron chi connectivity index (χ2n) is 4.55. The third-order valence-corrected chi connectivity index (χ3v) is 3.00. The zero-order valence-electron chi connectivity index (χ0n) is 10.5. The molecule has 0 radical (unpaired) electrons. The van der Waals surface area contributed by atoms with Crippen molar-refractivity contribution >= 4 is 0 Å². The molecular formula is C14H22FN. The second-order valence-corrected chi connectivity index (χ2v) is 4.55. The molecule has 0 aromatic heterocycles. The minimum Gasteiger partial charge on any atom is -0.313 e. The SMILES string of the molecule is CCC(NCCc1ccccc1F)C(C)C. The van der Waals surface area contributed by atoms with E-state index in [-0.39, 0.29) is 5.82 Å². The maximum absolute atomic E-state index is 13.3. The van der Waals surface area contributed by atoms with Crippen LogP contribution in [-0.4, -0.2) is 12.6 Å².